The predicted molar refractivity (Wildman–Crippen MR) is 71.0 cm³/mol. The van der Waals surface area contributed by atoms with Crippen LogP contribution in [0.1, 0.15) is 11.1 Å². The van der Waals surface area contributed by atoms with Gasteiger partial charge in [-0.25, -0.2) is 8.42 Å². The summed E-state index contributed by atoms with van der Waals surface area (Å²) in [5.41, 5.74) is 2.19. The van der Waals surface area contributed by atoms with Gasteiger partial charge in [-0.15, -0.1) is 0 Å². The lowest BCUT2D eigenvalue weighted by Gasteiger charge is -2.09. The molecule has 7 heteroatoms. The summed E-state index contributed by atoms with van der Waals surface area (Å²) >= 11 is 0. The molecule has 1 aliphatic heterocycles. The second-order valence-corrected chi connectivity index (χ2v) is 6.16. The van der Waals surface area contributed by atoms with E-state index in [9.17, 15) is 8.42 Å². The van der Waals surface area contributed by atoms with Crippen LogP contribution in [0, 0.1) is 0 Å². The number of aromatic nitrogens is 2. The molecule has 0 unspecified atom stereocenters. The van der Waals surface area contributed by atoms with Crippen molar-refractivity contribution in [2.24, 2.45) is 7.05 Å². The first-order valence-electron chi connectivity index (χ1n) is 5.89. The highest BCUT2D eigenvalue weighted by Gasteiger charge is 2.19. The molecule has 0 saturated carbocycles. The van der Waals surface area contributed by atoms with Gasteiger partial charge in [0.15, 0.2) is 0 Å². The molecule has 0 spiro atoms. The summed E-state index contributed by atoms with van der Waals surface area (Å²) in [6.07, 6.45) is 1.55. The largest absolute Gasteiger partial charge is 0.309 e. The molecule has 0 bridgehead atoms. The van der Waals surface area contributed by atoms with E-state index < -0.39 is 10.0 Å². The van der Waals surface area contributed by atoms with Crippen LogP contribution in [-0.4, -0.2) is 18.2 Å². The minimum Gasteiger partial charge on any atom is -0.309 e. The Morgan fingerprint density at radius 3 is 2.79 bits per heavy atom. The number of hydrogen-bond acceptors (Lipinski definition) is 4. The van der Waals surface area contributed by atoms with Crippen LogP contribution in [0.15, 0.2) is 35.4 Å². The summed E-state index contributed by atoms with van der Waals surface area (Å²) < 4.78 is 28.6. The molecule has 0 aliphatic carbocycles. The van der Waals surface area contributed by atoms with Crippen LogP contribution in [0.5, 0.6) is 0 Å². The van der Waals surface area contributed by atoms with E-state index in [1.54, 1.807) is 31.4 Å². The molecular formula is C12H14N4O2S. The first kappa shape index (κ1) is 12.2. The Morgan fingerprint density at radius 2 is 2.05 bits per heavy atom. The minimum absolute atomic E-state index is 0.274. The number of rotatable bonds is 3. The lowest BCUT2D eigenvalue weighted by atomic mass is 10.1. The van der Waals surface area contributed by atoms with Crippen LogP contribution < -0.4 is 10.0 Å². The van der Waals surface area contributed by atoms with Crippen LogP contribution in [0.2, 0.25) is 0 Å². The molecule has 0 saturated heterocycles. The van der Waals surface area contributed by atoms with Crippen molar-refractivity contribution in [3.8, 4) is 0 Å². The van der Waals surface area contributed by atoms with E-state index in [-0.39, 0.29) is 4.90 Å². The van der Waals surface area contributed by atoms with Gasteiger partial charge in [0.2, 0.25) is 0 Å². The molecule has 2 aromatic rings. The van der Waals surface area contributed by atoms with Gasteiger partial charge in [-0.3, -0.25) is 9.40 Å². The fourth-order valence-corrected chi connectivity index (χ4v) is 3.25. The van der Waals surface area contributed by atoms with E-state index in [0.717, 1.165) is 17.7 Å². The zero-order valence-corrected chi connectivity index (χ0v) is 11.2. The number of benzene rings is 1. The lowest BCUT2D eigenvalue weighted by Crippen LogP contribution is -2.15. The quantitative estimate of drug-likeness (QED) is 0.871. The van der Waals surface area contributed by atoms with Crippen LogP contribution in [0.25, 0.3) is 0 Å². The van der Waals surface area contributed by atoms with E-state index >= 15 is 0 Å². The van der Waals surface area contributed by atoms with E-state index in [2.05, 4.69) is 15.1 Å². The summed E-state index contributed by atoms with van der Waals surface area (Å²) in [6, 6.07) is 6.82. The van der Waals surface area contributed by atoms with Crippen molar-refractivity contribution in [1.29, 1.82) is 0 Å². The maximum absolute atomic E-state index is 12.3. The van der Waals surface area contributed by atoms with Crippen LogP contribution in [0.3, 0.4) is 0 Å². The summed E-state index contributed by atoms with van der Waals surface area (Å²) in [5, 5.41) is 7.12. The van der Waals surface area contributed by atoms with Crippen molar-refractivity contribution in [1.82, 2.24) is 15.1 Å². The molecule has 0 fully saturated rings. The number of aryl methyl sites for hydroxylation is 1. The molecule has 3 rings (SSSR count). The van der Waals surface area contributed by atoms with Crippen molar-refractivity contribution < 1.29 is 8.42 Å². The SMILES string of the molecule is Cn1nccc1NS(=O)(=O)c1ccc2c(c1)CNC2. The lowest BCUT2D eigenvalue weighted by molar-refractivity contribution is 0.600. The fourth-order valence-electron chi connectivity index (χ4n) is 2.11. The molecule has 19 heavy (non-hydrogen) atoms. The highest BCUT2D eigenvalue weighted by Crippen LogP contribution is 2.21. The number of hydrogen-bond donors (Lipinski definition) is 2. The molecule has 0 atom stereocenters. The third-order valence-corrected chi connectivity index (χ3v) is 4.53. The van der Waals surface area contributed by atoms with Gasteiger partial charge in [0.1, 0.15) is 5.82 Å². The Kier molecular flexibility index (Phi) is 2.79. The number of nitrogens with one attached hydrogen (secondary N) is 2. The van der Waals surface area contributed by atoms with Crippen molar-refractivity contribution in [3.63, 3.8) is 0 Å². The van der Waals surface area contributed by atoms with Gasteiger partial charge in [-0.2, -0.15) is 5.10 Å². The van der Waals surface area contributed by atoms with Gasteiger partial charge in [0.05, 0.1) is 11.1 Å². The smallest absolute Gasteiger partial charge is 0.263 e. The maximum atomic E-state index is 12.3. The number of fused-ring (bicyclic) bond motifs is 1. The van der Waals surface area contributed by atoms with E-state index in [4.69, 9.17) is 0 Å². The van der Waals surface area contributed by atoms with Gasteiger partial charge >= 0.3 is 0 Å². The highest BCUT2D eigenvalue weighted by atomic mass is 32.2. The summed E-state index contributed by atoms with van der Waals surface area (Å²) in [5.74, 6) is 0.443. The Labute approximate surface area is 111 Å². The molecule has 2 heterocycles. The van der Waals surface area contributed by atoms with Gasteiger partial charge in [-0.1, -0.05) is 6.07 Å². The first-order chi connectivity index (χ1) is 9.06. The summed E-state index contributed by atoms with van der Waals surface area (Å²) in [6.45, 7) is 1.51. The second-order valence-electron chi connectivity index (χ2n) is 4.48. The van der Waals surface area contributed by atoms with Crippen LogP contribution in [0.4, 0.5) is 5.82 Å². The Balaban J connectivity index is 1.94. The standard InChI is InChI=1S/C12H14N4O2S/c1-16-12(4-5-14-16)15-19(17,18)11-3-2-9-7-13-8-10(9)6-11/h2-6,13,15H,7-8H2,1H3. The molecule has 6 nitrogen and oxygen atoms in total. The molecule has 2 N–H and O–H groups in total. The third kappa shape index (κ3) is 2.22. The third-order valence-electron chi connectivity index (χ3n) is 3.18. The second kappa shape index (κ2) is 4.36. The number of sulfonamides is 1. The average molecular weight is 278 g/mol. The van der Waals surface area contributed by atoms with E-state index in [0.29, 0.717) is 12.4 Å². The summed E-state index contributed by atoms with van der Waals surface area (Å²) in [7, 11) is -1.88. The predicted octanol–water partition coefficient (Wildman–Crippen LogP) is 0.824. The van der Waals surface area contributed by atoms with E-state index in [1.807, 2.05) is 6.07 Å². The van der Waals surface area contributed by atoms with E-state index in [1.165, 1.54) is 4.68 Å². The molecule has 1 aromatic heterocycles. The molecule has 1 aromatic carbocycles. The zero-order chi connectivity index (χ0) is 13.5. The van der Waals surface area contributed by atoms with Gasteiger partial charge < -0.3 is 5.32 Å². The van der Waals surface area contributed by atoms with Crippen molar-refractivity contribution in [3.05, 3.63) is 41.6 Å². The van der Waals surface area contributed by atoms with Crippen LogP contribution >= 0.6 is 0 Å². The van der Waals surface area contributed by atoms with Gasteiger partial charge in [0.25, 0.3) is 10.0 Å². The first-order valence-corrected chi connectivity index (χ1v) is 7.38. The maximum Gasteiger partial charge on any atom is 0.263 e. The summed E-state index contributed by atoms with van der Waals surface area (Å²) in [4.78, 5) is 0.274. The van der Waals surface area contributed by atoms with Crippen molar-refractivity contribution in [2.45, 2.75) is 18.0 Å². The molecule has 0 amide bonds. The fraction of sp³-hybridized carbons (Fsp3) is 0.250. The normalized spacial score (nSPS) is 14.4. The molecule has 1 aliphatic rings. The zero-order valence-electron chi connectivity index (χ0n) is 10.4. The minimum atomic E-state index is -3.57. The molecular weight excluding hydrogens is 264 g/mol. The number of anilines is 1. The van der Waals surface area contributed by atoms with Crippen molar-refractivity contribution >= 4 is 15.8 Å². The Hall–Kier alpha value is -1.86. The Bertz CT molecular complexity index is 721. The highest BCUT2D eigenvalue weighted by molar-refractivity contribution is 7.92. The average Bonchev–Trinajstić information content (AvgIpc) is 2.97. The number of nitrogens with zero attached hydrogens (tertiary/aromatic N) is 2. The van der Waals surface area contributed by atoms with Crippen LogP contribution in [-0.2, 0) is 30.2 Å². The topological polar surface area (TPSA) is 76.0 Å². The van der Waals surface area contributed by atoms with Crippen molar-refractivity contribution in [2.75, 3.05) is 4.72 Å². The van der Waals surface area contributed by atoms with Gasteiger partial charge in [-0.05, 0) is 23.3 Å². The Morgan fingerprint density at radius 1 is 1.26 bits per heavy atom. The van der Waals surface area contributed by atoms with Gasteiger partial charge in [0, 0.05) is 26.2 Å². The molecule has 100 valence electrons. The monoisotopic (exact) mass is 278 g/mol. The molecule has 0 radical (unpaired) electrons.